The van der Waals surface area contributed by atoms with Crippen molar-refractivity contribution in [1.29, 1.82) is 0 Å². The molecule has 4 aromatic rings. The standard InChI is InChI=1S/C17H12F3N5S/c18-17(19,20)12-4-2-1-3-11(12)13-5-6-14-22-9-15(25(14)24-13)23-10-16-21-7-8-26-16/h1-9,23H,10H2. The van der Waals surface area contributed by atoms with Gasteiger partial charge in [-0.1, -0.05) is 18.2 Å². The predicted octanol–water partition coefficient (Wildman–Crippen LogP) is 4.48. The molecule has 132 valence electrons. The second kappa shape index (κ2) is 6.41. The van der Waals surface area contributed by atoms with Gasteiger partial charge in [0.2, 0.25) is 0 Å². The number of fused-ring (bicyclic) bond motifs is 1. The molecule has 9 heteroatoms. The molecule has 0 aliphatic rings. The zero-order valence-corrected chi connectivity index (χ0v) is 14.1. The summed E-state index contributed by atoms with van der Waals surface area (Å²) in [5.74, 6) is 0.585. The SMILES string of the molecule is FC(F)(F)c1ccccc1-c1ccc2ncc(NCc3nccs3)n2n1. The van der Waals surface area contributed by atoms with Crippen LogP contribution in [0.4, 0.5) is 19.0 Å². The molecule has 0 amide bonds. The van der Waals surface area contributed by atoms with E-state index in [2.05, 4.69) is 20.4 Å². The lowest BCUT2D eigenvalue weighted by molar-refractivity contribution is -0.137. The van der Waals surface area contributed by atoms with Crippen molar-refractivity contribution in [2.24, 2.45) is 0 Å². The summed E-state index contributed by atoms with van der Waals surface area (Å²) in [4.78, 5) is 8.40. The van der Waals surface area contributed by atoms with Crippen molar-refractivity contribution >= 4 is 22.8 Å². The molecular formula is C17H12F3N5S. The molecule has 0 saturated heterocycles. The molecule has 5 nitrogen and oxygen atoms in total. The van der Waals surface area contributed by atoms with E-state index in [1.54, 1.807) is 24.5 Å². The first-order valence-corrected chi connectivity index (χ1v) is 8.54. The van der Waals surface area contributed by atoms with Crippen LogP contribution in [0.25, 0.3) is 16.9 Å². The monoisotopic (exact) mass is 375 g/mol. The number of nitrogens with one attached hydrogen (secondary N) is 1. The lowest BCUT2D eigenvalue weighted by Gasteiger charge is -2.12. The topological polar surface area (TPSA) is 55.1 Å². The Labute approximate surface area is 150 Å². The summed E-state index contributed by atoms with van der Waals surface area (Å²) in [6.07, 6.45) is -1.15. The second-order valence-electron chi connectivity index (χ2n) is 5.45. The number of anilines is 1. The van der Waals surface area contributed by atoms with E-state index in [0.29, 0.717) is 18.0 Å². The Morgan fingerprint density at radius 1 is 1.08 bits per heavy atom. The summed E-state index contributed by atoms with van der Waals surface area (Å²) in [5.41, 5.74) is 0.0753. The fourth-order valence-electron chi connectivity index (χ4n) is 2.60. The van der Waals surface area contributed by atoms with E-state index in [1.165, 1.54) is 34.1 Å². The van der Waals surface area contributed by atoms with E-state index >= 15 is 0 Å². The summed E-state index contributed by atoms with van der Waals surface area (Å²) in [7, 11) is 0. The highest BCUT2D eigenvalue weighted by Gasteiger charge is 2.33. The van der Waals surface area contributed by atoms with Crippen LogP contribution in [0.3, 0.4) is 0 Å². The van der Waals surface area contributed by atoms with Gasteiger partial charge in [0.25, 0.3) is 0 Å². The Morgan fingerprint density at radius 3 is 2.69 bits per heavy atom. The zero-order chi connectivity index (χ0) is 18.1. The molecule has 0 unspecified atom stereocenters. The molecule has 0 bridgehead atoms. The molecule has 26 heavy (non-hydrogen) atoms. The van der Waals surface area contributed by atoms with Crippen LogP contribution in [-0.4, -0.2) is 19.6 Å². The number of benzene rings is 1. The summed E-state index contributed by atoms with van der Waals surface area (Å²) in [6, 6.07) is 8.57. The first-order chi connectivity index (χ1) is 12.5. The minimum absolute atomic E-state index is 0.0291. The summed E-state index contributed by atoms with van der Waals surface area (Å²) < 4.78 is 41.3. The van der Waals surface area contributed by atoms with Gasteiger partial charge in [0.05, 0.1) is 24.0 Å². The summed E-state index contributed by atoms with van der Waals surface area (Å²) in [6.45, 7) is 0.483. The molecule has 0 spiro atoms. The molecular weight excluding hydrogens is 363 g/mol. The van der Waals surface area contributed by atoms with E-state index in [9.17, 15) is 13.2 Å². The Bertz CT molecular complexity index is 1040. The summed E-state index contributed by atoms with van der Waals surface area (Å²) >= 11 is 1.51. The van der Waals surface area contributed by atoms with Crippen molar-refractivity contribution in [2.75, 3.05) is 5.32 Å². The minimum Gasteiger partial charge on any atom is -0.362 e. The maximum absolute atomic E-state index is 13.3. The van der Waals surface area contributed by atoms with Crippen LogP contribution < -0.4 is 5.32 Å². The van der Waals surface area contributed by atoms with Crippen molar-refractivity contribution in [3.8, 4) is 11.3 Å². The lowest BCUT2D eigenvalue weighted by Crippen LogP contribution is -2.08. The van der Waals surface area contributed by atoms with Crippen LogP contribution >= 0.6 is 11.3 Å². The van der Waals surface area contributed by atoms with E-state index in [0.717, 1.165) is 11.1 Å². The molecule has 1 aromatic carbocycles. The highest BCUT2D eigenvalue weighted by atomic mass is 32.1. The van der Waals surface area contributed by atoms with Gasteiger partial charge in [-0.15, -0.1) is 11.3 Å². The minimum atomic E-state index is -4.45. The molecule has 0 atom stereocenters. The third-order valence-electron chi connectivity index (χ3n) is 3.77. The fourth-order valence-corrected chi connectivity index (χ4v) is 3.15. The van der Waals surface area contributed by atoms with Crippen LogP contribution in [0.2, 0.25) is 0 Å². The zero-order valence-electron chi connectivity index (χ0n) is 13.2. The van der Waals surface area contributed by atoms with Crippen LogP contribution in [0.1, 0.15) is 10.6 Å². The Hall–Kier alpha value is -2.94. The Morgan fingerprint density at radius 2 is 1.92 bits per heavy atom. The molecule has 3 aromatic heterocycles. The average Bonchev–Trinajstić information content (AvgIpc) is 3.28. The highest BCUT2D eigenvalue weighted by molar-refractivity contribution is 7.09. The van der Waals surface area contributed by atoms with Gasteiger partial charge in [-0.05, 0) is 18.2 Å². The van der Waals surface area contributed by atoms with Crippen molar-refractivity contribution < 1.29 is 13.2 Å². The van der Waals surface area contributed by atoms with Crippen molar-refractivity contribution in [2.45, 2.75) is 12.7 Å². The maximum atomic E-state index is 13.3. The van der Waals surface area contributed by atoms with E-state index < -0.39 is 11.7 Å². The van der Waals surface area contributed by atoms with Gasteiger partial charge in [-0.2, -0.15) is 22.8 Å². The van der Waals surface area contributed by atoms with Gasteiger partial charge in [0.15, 0.2) is 5.65 Å². The van der Waals surface area contributed by atoms with Gasteiger partial charge in [-0.25, -0.2) is 9.97 Å². The first kappa shape index (κ1) is 16.5. The van der Waals surface area contributed by atoms with Gasteiger partial charge < -0.3 is 5.32 Å². The third kappa shape index (κ3) is 3.13. The molecule has 3 heterocycles. The second-order valence-corrected chi connectivity index (χ2v) is 6.43. The van der Waals surface area contributed by atoms with E-state index in [4.69, 9.17) is 0 Å². The van der Waals surface area contributed by atoms with Gasteiger partial charge in [0, 0.05) is 17.1 Å². The molecule has 0 aliphatic carbocycles. The molecule has 4 rings (SSSR count). The van der Waals surface area contributed by atoms with Gasteiger partial charge >= 0.3 is 6.18 Å². The first-order valence-electron chi connectivity index (χ1n) is 7.66. The molecule has 0 radical (unpaired) electrons. The highest BCUT2D eigenvalue weighted by Crippen LogP contribution is 2.36. The average molecular weight is 375 g/mol. The third-order valence-corrected chi connectivity index (χ3v) is 4.55. The predicted molar refractivity (Wildman–Crippen MR) is 92.9 cm³/mol. The normalized spacial score (nSPS) is 11.8. The molecule has 0 fully saturated rings. The van der Waals surface area contributed by atoms with Crippen molar-refractivity contribution in [3.05, 3.63) is 64.7 Å². The fraction of sp³-hybridized carbons (Fsp3) is 0.118. The number of hydrogen-bond acceptors (Lipinski definition) is 5. The van der Waals surface area contributed by atoms with Crippen LogP contribution in [-0.2, 0) is 12.7 Å². The quantitative estimate of drug-likeness (QED) is 0.571. The number of rotatable bonds is 4. The van der Waals surface area contributed by atoms with Crippen LogP contribution in [0, 0.1) is 0 Å². The maximum Gasteiger partial charge on any atom is 0.417 e. The smallest absolute Gasteiger partial charge is 0.362 e. The van der Waals surface area contributed by atoms with E-state index in [-0.39, 0.29) is 11.3 Å². The van der Waals surface area contributed by atoms with Crippen LogP contribution in [0.5, 0.6) is 0 Å². The van der Waals surface area contributed by atoms with Gasteiger partial charge in [-0.3, -0.25) is 0 Å². The van der Waals surface area contributed by atoms with Crippen LogP contribution in [0.15, 0.2) is 54.2 Å². The van der Waals surface area contributed by atoms with E-state index in [1.807, 2.05) is 5.38 Å². The number of alkyl halides is 3. The number of hydrogen-bond donors (Lipinski definition) is 1. The molecule has 0 saturated carbocycles. The van der Waals surface area contributed by atoms with Gasteiger partial charge in [0.1, 0.15) is 10.8 Å². The Kier molecular flexibility index (Phi) is 4.08. The lowest BCUT2D eigenvalue weighted by atomic mass is 10.0. The molecule has 1 N–H and O–H groups in total. The van der Waals surface area contributed by atoms with Crippen molar-refractivity contribution in [1.82, 2.24) is 19.6 Å². The van der Waals surface area contributed by atoms with Crippen molar-refractivity contribution in [3.63, 3.8) is 0 Å². The number of nitrogens with zero attached hydrogens (tertiary/aromatic N) is 4. The largest absolute Gasteiger partial charge is 0.417 e. The number of halogens is 3. The Balaban J connectivity index is 1.73. The number of imidazole rings is 1. The number of thiazole rings is 1. The summed E-state index contributed by atoms with van der Waals surface area (Å²) in [5, 5.41) is 10.3. The molecule has 0 aliphatic heterocycles. The number of aromatic nitrogens is 4.